The molecule has 0 atom stereocenters. The second-order valence-corrected chi connectivity index (χ2v) is 4.46. The zero-order valence-electron chi connectivity index (χ0n) is 11.2. The molecule has 0 unspecified atom stereocenters. The van der Waals surface area contributed by atoms with Crippen LogP contribution in [0.1, 0.15) is 21.5 Å². The van der Waals surface area contributed by atoms with E-state index in [9.17, 15) is 4.79 Å². The van der Waals surface area contributed by atoms with Crippen LogP contribution in [-0.4, -0.2) is 13.0 Å². The minimum absolute atomic E-state index is 0.0643. The minimum atomic E-state index is -0.0643. The third-order valence-electron chi connectivity index (χ3n) is 3.01. The molecule has 3 nitrogen and oxygen atoms in total. The summed E-state index contributed by atoms with van der Waals surface area (Å²) in [6.45, 7) is 2.59. The molecular weight excluding hydrogens is 236 g/mol. The maximum Gasteiger partial charge on any atom is 0.253 e. The average molecular weight is 254 g/mol. The molecular formula is C16H18N2O. The van der Waals surface area contributed by atoms with Crippen molar-refractivity contribution in [2.75, 3.05) is 12.4 Å². The Morgan fingerprint density at radius 1 is 1.05 bits per heavy atom. The summed E-state index contributed by atoms with van der Waals surface area (Å²) in [6.07, 6.45) is 0. The first kappa shape index (κ1) is 13.1. The van der Waals surface area contributed by atoms with Gasteiger partial charge >= 0.3 is 0 Å². The molecule has 2 aromatic carbocycles. The Labute approximate surface area is 113 Å². The molecule has 0 aliphatic heterocycles. The van der Waals surface area contributed by atoms with Gasteiger partial charge in [0, 0.05) is 19.3 Å². The fourth-order valence-corrected chi connectivity index (χ4v) is 1.88. The smallest absolute Gasteiger partial charge is 0.253 e. The number of carbonyl (C=O) groups excluding carboxylic acids is 1. The van der Waals surface area contributed by atoms with Gasteiger partial charge in [0.2, 0.25) is 0 Å². The van der Waals surface area contributed by atoms with Gasteiger partial charge in [0.1, 0.15) is 0 Å². The van der Waals surface area contributed by atoms with Gasteiger partial charge in [-0.05, 0) is 24.6 Å². The summed E-state index contributed by atoms with van der Waals surface area (Å²) in [4.78, 5) is 12.1. The number of hydrogen-bond donors (Lipinski definition) is 2. The van der Waals surface area contributed by atoms with Crippen LogP contribution in [0.4, 0.5) is 5.69 Å². The van der Waals surface area contributed by atoms with Crippen molar-refractivity contribution in [3.05, 3.63) is 65.2 Å². The summed E-state index contributed by atoms with van der Waals surface area (Å²) in [7, 11) is 1.81. The molecule has 19 heavy (non-hydrogen) atoms. The average Bonchev–Trinajstić information content (AvgIpc) is 2.46. The lowest BCUT2D eigenvalue weighted by molar-refractivity contribution is 0.0951. The van der Waals surface area contributed by atoms with E-state index in [0.717, 1.165) is 11.3 Å². The highest BCUT2D eigenvalue weighted by molar-refractivity contribution is 5.99. The minimum Gasteiger partial charge on any atom is -0.387 e. The topological polar surface area (TPSA) is 41.1 Å². The van der Waals surface area contributed by atoms with Crippen molar-refractivity contribution in [2.45, 2.75) is 13.5 Å². The summed E-state index contributed by atoms with van der Waals surface area (Å²) in [6, 6.07) is 15.6. The van der Waals surface area contributed by atoms with E-state index < -0.39 is 0 Å². The number of aryl methyl sites for hydroxylation is 1. The van der Waals surface area contributed by atoms with Gasteiger partial charge in [-0.25, -0.2) is 0 Å². The Morgan fingerprint density at radius 2 is 1.74 bits per heavy atom. The molecule has 0 aliphatic rings. The molecule has 1 amide bonds. The van der Waals surface area contributed by atoms with E-state index in [1.165, 1.54) is 5.56 Å². The Hall–Kier alpha value is -2.29. The Morgan fingerprint density at radius 3 is 2.42 bits per heavy atom. The molecule has 0 spiro atoms. The van der Waals surface area contributed by atoms with Crippen LogP contribution in [0.15, 0.2) is 48.5 Å². The summed E-state index contributed by atoms with van der Waals surface area (Å²) in [5, 5.41) is 5.95. The molecule has 2 rings (SSSR count). The van der Waals surface area contributed by atoms with Crippen molar-refractivity contribution in [3.63, 3.8) is 0 Å². The second-order valence-electron chi connectivity index (χ2n) is 4.46. The number of rotatable bonds is 4. The van der Waals surface area contributed by atoms with E-state index >= 15 is 0 Å². The van der Waals surface area contributed by atoms with Crippen molar-refractivity contribution in [1.29, 1.82) is 0 Å². The van der Waals surface area contributed by atoms with Crippen molar-refractivity contribution in [1.82, 2.24) is 5.32 Å². The lowest BCUT2D eigenvalue weighted by Crippen LogP contribution is -2.23. The quantitative estimate of drug-likeness (QED) is 0.880. The van der Waals surface area contributed by atoms with E-state index in [2.05, 4.69) is 10.6 Å². The van der Waals surface area contributed by atoms with E-state index in [-0.39, 0.29) is 5.91 Å². The number of para-hydroxylation sites is 1. The highest BCUT2D eigenvalue weighted by Gasteiger charge is 2.09. The fraction of sp³-hybridized carbons (Fsp3) is 0.188. The van der Waals surface area contributed by atoms with Crippen LogP contribution in [0.5, 0.6) is 0 Å². The molecule has 98 valence electrons. The van der Waals surface area contributed by atoms with Crippen molar-refractivity contribution < 1.29 is 4.79 Å². The third kappa shape index (κ3) is 3.35. The first-order chi connectivity index (χ1) is 9.20. The fourth-order valence-electron chi connectivity index (χ4n) is 1.88. The van der Waals surface area contributed by atoms with Gasteiger partial charge in [-0.15, -0.1) is 0 Å². The Bertz CT molecular complexity index is 561. The first-order valence-electron chi connectivity index (χ1n) is 6.31. The van der Waals surface area contributed by atoms with Crippen molar-refractivity contribution in [3.8, 4) is 0 Å². The Balaban J connectivity index is 2.03. The van der Waals surface area contributed by atoms with Crippen LogP contribution in [0.25, 0.3) is 0 Å². The molecule has 0 bridgehead atoms. The number of carbonyl (C=O) groups is 1. The summed E-state index contributed by atoms with van der Waals surface area (Å²) in [5.41, 5.74) is 3.82. The molecule has 0 saturated carbocycles. The van der Waals surface area contributed by atoms with Crippen molar-refractivity contribution >= 4 is 11.6 Å². The summed E-state index contributed by atoms with van der Waals surface area (Å²) < 4.78 is 0. The number of nitrogens with one attached hydrogen (secondary N) is 2. The second kappa shape index (κ2) is 6.05. The maximum absolute atomic E-state index is 12.1. The van der Waals surface area contributed by atoms with Gasteiger partial charge in [-0.3, -0.25) is 4.79 Å². The number of anilines is 1. The van der Waals surface area contributed by atoms with E-state index in [4.69, 9.17) is 0 Å². The van der Waals surface area contributed by atoms with Gasteiger partial charge in [0.05, 0.1) is 5.56 Å². The normalized spacial score (nSPS) is 10.0. The zero-order chi connectivity index (χ0) is 13.7. The molecule has 2 aromatic rings. The maximum atomic E-state index is 12.1. The van der Waals surface area contributed by atoms with Crippen LogP contribution in [0.2, 0.25) is 0 Å². The van der Waals surface area contributed by atoms with Crippen LogP contribution >= 0.6 is 0 Å². The van der Waals surface area contributed by atoms with Gasteiger partial charge in [-0.2, -0.15) is 0 Å². The standard InChI is InChI=1S/C16H18N2O/c1-12-7-9-13(10-8-12)11-18-16(19)14-5-3-4-6-15(14)17-2/h3-10,17H,11H2,1-2H3,(H,18,19). The molecule has 0 aromatic heterocycles. The molecule has 2 N–H and O–H groups in total. The van der Waals surface area contributed by atoms with Gasteiger partial charge < -0.3 is 10.6 Å². The number of amides is 1. The lowest BCUT2D eigenvalue weighted by Gasteiger charge is -2.09. The predicted molar refractivity (Wildman–Crippen MR) is 78.3 cm³/mol. The molecule has 0 radical (unpaired) electrons. The highest BCUT2D eigenvalue weighted by Crippen LogP contribution is 2.14. The van der Waals surface area contributed by atoms with Crippen molar-refractivity contribution in [2.24, 2.45) is 0 Å². The van der Waals surface area contributed by atoms with Gasteiger partial charge in [0.25, 0.3) is 5.91 Å². The van der Waals surface area contributed by atoms with Gasteiger partial charge in [-0.1, -0.05) is 42.0 Å². The Kier molecular flexibility index (Phi) is 4.18. The lowest BCUT2D eigenvalue weighted by atomic mass is 10.1. The van der Waals surface area contributed by atoms with E-state index in [1.807, 2.05) is 62.5 Å². The van der Waals surface area contributed by atoms with Crippen LogP contribution in [0, 0.1) is 6.92 Å². The largest absolute Gasteiger partial charge is 0.387 e. The number of hydrogen-bond acceptors (Lipinski definition) is 2. The van der Waals surface area contributed by atoms with Crippen LogP contribution < -0.4 is 10.6 Å². The summed E-state index contributed by atoms with van der Waals surface area (Å²) >= 11 is 0. The molecule has 0 heterocycles. The van der Waals surface area contributed by atoms with E-state index in [0.29, 0.717) is 12.1 Å². The van der Waals surface area contributed by atoms with Gasteiger partial charge in [0.15, 0.2) is 0 Å². The first-order valence-corrected chi connectivity index (χ1v) is 6.31. The highest BCUT2D eigenvalue weighted by atomic mass is 16.1. The summed E-state index contributed by atoms with van der Waals surface area (Å²) in [5.74, 6) is -0.0643. The zero-order valence-corrected chi connectivity index (χ0v) is 11.2. The van der Waals surface area contributed by atoms with E-state index in [1.54, 1.807) is 0 Å². The monoisotopic (exact) mass is 254 g/mol. The molecule has 3 heteroatoms. The molecule has 0 saturated heterocycles. The molecule has 0 aliphatic carbocycles. The SMILES string of the molecule is CNc1ccccc1C(=O)NCc1ccc(C)cc1. The van der Waals surface area contributed by atoms with Crippen LogP contribution in [0.3, 0.4) is 0 Å². The molecule has 0 fully saturated rings. The third-order valence-corrected chi connectivity index (χ3v) is 3.01. The number of benzene rings is 2. The van der Waals surface area contributed by atoms with Crippen LogP contribution in [-0.2, 0) is 6.54 Å². The predicted octanol–water partition coefficient (Wildman–Crippen LogP) is 2.97.